The summed E-state index contributed by atoms with van der Waals surface area (Å²) < 4.78 is 26.9. The Morgan fingerprint density at radius 2 is 1.21 bits per heavy atom. The van der Waals surface area contributed by atoms with Crippen molar-refractivity contribution in [2.45, 2.75) is 0 Å². The maximum atomic E-state index is 13.0. The quantitative estimate of drug-likeness (QED) is 0.649. The minimum absolute atomic E-state index is 0.310. The van der Waals surface area contributed by atoms with E-state index in [9.17, 15) is 8.78 Å². The van der Waals surface area contributed by atoms with E-state index in [2.05, 4.69) is 31.9 Å². The highest BCUT2D eigenvalue weighted by Gasteiger charge is 2.12. The van der Waals surface area contributed by atoms with Gasteiger partial charge in [-0.3, -0.25) is 0 Å². The first-order chi connectivity index (χ1) is 6.58. The fourth-order valence-electron chi connectivity index (χ4n) is 0.936. The van der Waals surface area contributed by atoms with Gasteiger partial charge in [-0.15, -0.1) is 22.7 Å². The van der Waals surface area contributed by atoms with Gasteiger partial charge in [0.15, 0.2) is 0 Å². The Morgan fingerprint density at radius 1 is 0.857 bits per heavy atom. The molecule has 0 unspecified atom stereocenters. The smallest absolute Gasteiger partial charge is 0.148 e. The molecule has 0 aromatic carbocycles. The van der Waals surface area contributed by atoms with Crippen molar-refractivity contribution in [2.75, 3.05) is 0 Å². The third-order valence-electron chi connectivity index (χ3n) is 1.53. The first kappa shape index (κ1) is 10.7. The van der Waals surface area contributed by atoms with E-state index in [4.69, 9.17) is 0 Å². The molecule has 0 amide bonds. The van der Waals surface area contributed by atoms with Crippen molar-refractivity contribution in [2.24, 2.45) is 0 Å². The van der Waals surface area contributed by atoms with Gasteiger partial charge in [-0.05, 0) is 44.0 Å². The highest BCUT2D eigenvalue weighted by Crippen LogP contribution is 2.40. The maximum absolute atomic E-state index is 13.0. The van der Waals surface area contributed by atoms with Crippen LogP contribution in [-0.4, -0.2) is 0 Å². The second kappa shape index (κ2) is 4.00. The normalized spacial score (nSPS) is 10.9. The topological polar surface area (TPSA) is 0 Å². The molecular formula is C8H2Br2F2S2. The lowest BCUT2D eigenvalue weighted by Crippen LogP contribution is -1.62. The minimum Gasteiger partial charge on any atom is -0.205 e. The van der Waals surface area contributed by atoms with E-state index in [0.717, 1.165) is 9.75 Å². The van der Waals surface area contributed by atoms with Gasteiger partial charge in [0.25, 0.3) is 0 Å². The molecule has 74 valence electrons. The van der Waals surface area contributed by atoms with E-state index < -0.39 is 0 Å². The van der Waals surface area contributed by atoms with Crippen molar-refractivity contribution in [3.8, 4) is 9.75 Å². The molecule has 0 fully saturated rings. The lowest BCUT2D eigenvalue weighted by Gasteiger charge is -1.85. The summed E-state index contributed by atoms with van der Waals surface area (Å²) >= 11 is 8.67. The van der Waals surface area contributed by atoms with Crippen LogP contribution in [0.3, 0.4) is 0 Å². The van der Waals surface area contributed by atoms with Crippen molar-refractivity contribution in [1.29, 1.82) is 0 Å². The van der Waals surface area contributed by atoms with Crippen LogP contribution in [0.4, 0.5) is 8.78 Å². The fraction of sp³-hybridized carbons (Fsp3) is 0. The summed E-state index contributed by atoms with van der Waals surface area (Å²) in [7, 11) is 0. The number of hydrogen-bond acceptors (Lipinski definition) is 2. The van der Waals surface area contributed by atoms with Crippen LogP contribution in [-0.2, 0) is 0 Å². The zero-order chi connectivity index (χ0) is 10.3. The molecule has 0 N–H and O–H groups in total. The molecule has 0 spiro atoms. The molecule has 0 bridgehead atoms. The molecule has 6 heteroatoms. The average molecular weight is 360 g/mol. The molecule has 0 saturated carbocycles. The van der Waals surface area contributed by atoms with E-state index in [1.165, 1.54) is 34.8 Å². The minimum atomic E-state index is -0.310. The number of thiophene rings is 2. The summed E-state index contributed by atoms with van der Waals surface area (Å²) in [5, 5.41) is 0. The molecule has 14 heavy (non-hydrogen) atoms. The number of halogens is 4. The number of hydrogen-bond donors (Lipinski definition) is 0. The van der Waals surface area contributed by atoms with Gasteiger partial charge in [0.05, 0.1) is 0 Å². The number of rotatable bonds is 1. The molecule has 2 aromatic heterocycles. The molecule has 0 aliphatic rings. The third-order valence-corrected chi connectivity index (χ3v) is 5.25. The van der Waals surface area contributed by atoms with Gasteiger partial charge in [0, 0.05) is 9.75 Å². The second-order valence-electron chi connectivity index (χ2n) is 2.46. The van der Waals surface area contributed by atoms with Crippen LogP contribution in [0.5, 0.6) is 0 Å². The van der Waals surface area contributed by atoms with Crippen LogP contribution >= 0.6 is 54.5 Å². The van der Waals surface area contributed by atoms with E-state index in [0.29, 0.717) is 7.57 Å². The van der Waals surface area contributed by atoms with Gasteiger partial charge in [-0.1, -0.05) is 0 Å². The zero-order valence-corrected chi connectivity index (χ0v) is 11.3. The maximum Gasteiger partial charge on any atom is 0.148 e. The van der Waals surface area contributed by atoms with Gasteiger partial charge in [0.2, 0.25) is 0 Å². The van der Waals surface area contributed by atoms with Crippen LogP contribution in [0.25, 0.3) is 9.75 Å². The van der Waals surface area contributed by atoms with Gasteiger partial charge in [0.1, 0.15) is 19.2 Å². The molecule has 2 aromatic rings. The highest BCUT2D eigenvalue weighted by atomic mass is 79.9. The van der Waals surface area contributed by atoms with Gasteiger partial charge in [-0.25, -0.2) is 8.78 Å². The van der Waals surface area contributed by atoms with Crippen molar-refractivity contribution >= 4 is 54.5 Å². The SMILES string of the molecule is Fc1cc(-c2cc(F)c(Br)s2)sc1Br. The molecule has 0 radical (unpaired) electrons. The van der Waals surface area contributed by atoms with Crippen LogP contribution in [0, 0.1) is 11.6 Å². The first-order valence-electron chi connectivity index (χ1n) is 3.48. The summed E-state index contributed by atoms with van der Waals surface area (Å²) in [5.74, 6) is -0.620. The van der Waals surface area contributed by atoms with Crippen molar-refractivity contribution in [1.82, 2.24) is 0 Å². The van der Waals surface area contributed by atoms with E-state index in [1.54, 1.807) is 0 Å². The lowest BCUT2D eigenvalue weighted by atomic mass is 10.4. The Hall–Kier alpha value is 0.220. The molecule has 0 aliphatic carbocycles. The second-order valence-corrected chi connectivity index (χ2v) is 7.20. The molecule has 0 saturated heterocycles. The van der Waals surface area contributed by atoms with Crippen molar-refractivity contribution < 1.29 is 8.78 Å². The zero-order valence-electron chi connectivity index (χ0n) is 6.48. The standard InChI is InChI=1S/C8H2Br2F2S2/c9-7-3(11)1-5(13-7)6-2-4(12)8(10)14-6/h1-2H. The van der Waals surface area contributed by atoms with Crippen molar-refractivity contribution in [3.05, 3.63) is 31.3 Å². The van der Waals surface area contributed by atoms with Gasteiger partial charge >= 0.3 is 0 Å². The fourth-order valence-corrected chi connectivity index (χ4v) is 3.80. The van der Waals surface area contributed by atoms with E-state index >= 15 is 0 Å². The van der Waals surface area contributed by atoms with E-state index in [1.807, 2.05) is 0 Å². The van der Waals surface area contributed by atoms with Gasteiger partial charge in [-0.2, -0.15) is 0 Å². The predicted molar refractivity (Wildman–Crippen MR) is 62.9 cm³/mol. The molecule has 0 aliphatic heterocycles. The van der Waals surface area contributed by atoms with Crippen molar-refractivity contribution in [3.63, 3.8) is 0 Å². The molecule has 2 rings (SSSR count). The Morgan fingerprint density at radius 3 is 1.43 bits per heavy atom. The Labute approximate surface area is 104 Å². The Balaban J connectivity index is 2.49. The van der Waals surface area contributed by atoms with Crippen LogP contribution in [0.1, 0.15) is 0 Å². The van der Waals surface area contributed by atoms with Crippen LogP contribution < -0.4 is 0 Å². The highest BCUT2D eigenvalue weighted by molar-refractivity contribution is 9.11. The third kappa shape index (κ3) is 1.93. The Kier molecular flexibility index (Phi) is 3.06. The summed E-state index contributed by atoms with van der Waals surface area (Å²) in [6.07, 6.45) is 0. The molecule has 0 atom stereocenters. The largest absolute Gasteiger partial charge is 0.205 e. The molecule has 2 heterocycles. The van der Waals surface area contributed by atoms with Gasteiger partial charge < -0.3 is 0 Å². The summed E-state index contributed by atoms with van der Waals surface area (Å²) in [4.78, 5) is 1.45. The lowest BCUT2D eigenvalue weighted by molar-refractivity contribution is 0.626. The summed E-state index contributed by atoms with van der Waals surface area (Å²) in [6, 6.07) is 2.79. The Bertz CT molecular complexity index is 392. The molecular weight excluding hydrogens is 358 g/mol. The molecule has 0 nitrogen and oxygen atoms in total. The first-order valence-corrected chi connectivity index (χ1v) is 6.70. The predicted octanol–water partition coefficient (Wildman–Crippen LogP) is 5.28. The average Bonchev–Trinajstić information content (AvgIpc) is 2.60. The summed E-state index contributed by atoms with van der Waals surface area (Å²) in [5.41, 5.74) is 0. The van der Waals surface area contributed by atoms with Crippen LogP contribution in [0.15, 0.2) is 19.7 Å². The summed E-state index contributed by atoms with van der Waals surface area (Å²) in [6.45, 7) is 0. The van der Waals surface area contributed by atoms with E-state index in [-0.39, 0.29) is 11.6 Å². The van der Waals surface area contributed by atoms with Crippen LogP contribution in [0.2, 0.25) is 0 Å². The monoisotopic (exact) mass is 358 g/mol.